The van der Waals surface area contributed by atoms with Crippen molar-refractivity contribution in [3.8, 4) is 6.07 Å². The first-order chi connectivity index (χ1) is 5.75. The average molecular weight is 173 g/mol. The van der Waals surface area contributed by atoms with E-state index in [9.17, 15) is 8.78 Å². The van der Waals surface area contributed by atoms with Crippen molar-refractivity contribution in [3.63, 3.8) is 0 Å². The number of nitriles is 1. The Labute approximate surface area is 71.4 Å². The van der Waals surface area contributed by atoms with E-state index in [1.54, 1.807) is 6.07 Å². The van der Waals surface area contributed by atoms with Gasteiger partial charge in [-0.25, -0.2) is 8.78 Å². The van der Waals surface area contributed by atoms with Crippen LogP contribution in [-0.4, -0.2) is 6.43 Å². The van der Waals surface area contributed by atoms with Crippen LogP contribution >= 0.6 is 0 Å². The van der Waals surface area contributed by atoms with E-state index in [-0.39, 0.29) is 5.92 Å². The molecule has 0 N–H and O–H groups in total. The van der Waals surface area contributed by atoms with Crippen molar-refractivity contribution in [2.75, 3.05) is 0 Å². The van der Waals surface area contributed by atoms with Crippen molar-refractivity contribution < 1.29 is 8.78 Å². The summed E-state index contributed by atoms with van der Waals surface area (Å²) in [5, 5.41) is 8.52. The second-order valence-electron chi connectivity index (χ2n) is 3.39. The fourth-order valence-corrected chi connectivity index (χ4v) is 1.86. The molecule has 12 heavy (non-hydrogen) atoms. The lowest BCUT2D eigenvalue weighted by Crippen LogP contribution is -2.22. The molecule has 1 unspecified atom stereocenters. The van der Waals surface area contributed by atoms with Crippen molar-refractivity contribution in [1.29, 1.82) is 5.26 Å². The van der Waals surface area contributed by atoms with E-state index in [1.165, 1.54) is 0 Å². The fraction of sp³-hybridized carbons (Fsp3) is 0.889. The molecule has 0 saturated heterocycles. The van der Waals surface area contributed by atoms with Gasteiger partial charge in [0.1, 0.15) is 5.92 Å². The lowest BCUT2D eigenvalue weighted by molar-refractivity contribution is 0.0619. The van der Waals surface area contributed by atoms with Crippen LogP contribution in [0.25, 0.3) is 0 Å². The molecule has 0 amide bonds. The van der Waals surface area contributed by atoms with E-state index in [2.05, 4.69) is 0 Å². The number of halogens is 2. The molecule has 1 rings (SSSR count). The van der Waals surface area contributed by atoms with Crippen LogP contribution in [-0.2, 0) is 0 Å². The number of hydrogen-bond acceptors (Lipinski definition) is 1. The number of nitrogens with zero attached hydrogens (tertiary/aromatic N) is 1. The van der Waals surface area contributed by atoms with Crippen LogP contribution in [0.15, 0.2) is 0 Å². The minimum atomic E-state index is -2.46. The largest absolute Gasteiger partial charge is 0.254 e. The SMILES string of the molecule is N#CC(C(F)F)C1CCCCC1. The van der Waals surface area contributed by atoms with Gasteiger partial charge in [0, 0.05) is 0 Å². The zero-order chi connectivity index (χ0) is 8.97. The molecule has 0 aromatic heterocycles. The van der Waals surface area contributed by atoms with Gasteiger partial charge >= 0.3 is 0 Å². The molecule has 1 nitrogen and oxygen atoms in total. The smallest absolute Gasteiger partial charge is 0.209 e. The van der Waals surface area contributed by atoms with Crippen LogP contribution in [0.2, 0.25) is 0 Å². The van der Waals surface area contributed by atoms with E-state index in [0.717, 1.165) is 32.1 Å². The third-order valence-corrected chi connectivity index (χ3v) is 2.58. The maximum atomic E-state index is 12.3. The molecule has 0 spiro atoms. The molecular weight excluding hydrogens is 160 g/mol. The van der Waals surface area contributed by atoms with Gasteiger partial charge in [-0.3, -0.25) is 0 Å². The van der Waals surface area contributed by atoms with Gasteiger partial charge in [-0.1, -0.05) is 19.3 Å². The Morgan fingerprint density at radius 3 is 2.17 bits per heavy atom. The summed E-state index contributed by atoms with van der Waals surface area (Å²) in [5.41, 5.74) is 0. The number of rotatable bonds is 2. The van der Waals surface area contributed by atoms with Gasteiger partial charge in [-0.15, -0.1) is 0 Å². The summed E-state index contributed by atoms with van der Waals surface area (Å²) in [6, 6.07) is 1.72. The quantitative estimate of drug-likeness (QED) is 0.629. The summed E-state index contributed by atoms with van der Waals surface area (Å²) < 4.78 is 24.5. The topological polar surface area (TPSA) is 23.8 Å². The van der Waals surface area contributed by atoms with Crippen LogP contribution in [0.5, 0.6) is 0 Å². The van der Waals surface area contributed by atoms with Crippen LogP contribution in [0.4, 0.5) is 8.78 Å². The van der Waals surface area contributed by atoms with Gasteiger partial charge in [0.25, 0.3) is 6.43 Å². The van der Waals surface area contributed by atoms with Gasteiger partial charge in [0.15, 0.2) is 0 Å². The third kappa shape index (κ3) is 2.17. The maximum Gasteiger partial charge on any atom is 0.254 e. The molecule has 0 aliphatic heterocycles. The standard InChI is InChI=1S/C9H13F2N/c10-9(11)8(6-12)7-4-2-1-3-5-7/h7-9H,1-5H2. The summed E-state index contributed by atoms with van der Waals surface area (Å²) in [5.74, 6) is -1.07. The molecule has 1 fully saturated rings. The number of hydrogen-bond donors (Lipinski definition) is 0. The molecule has 0 radical (unpaired) electrons. The van der Waals surface area contributed by atoms with Crippen LogP contribution in [0, 0.1) is 23.2 Å². The molecule has 0 bridgehead atoms. The number of alkyl halides is 2. The second-order valence-corrected chi connectivity index (χ2v) is 3.39. The summed E-state index contributed by atoms with van der Waals surface area (Å²) in [6.07, 6.45) is 2.31. The first kappa shape index (κ1) is 9.44. The van der Waals surface area contributed by atoms with Crippen LogP contribution in [0.3, 0.4) is 0 Å². The van der Waals surface area contributed by atoms with Gasteiger partial charge < -0.3 is 0 Å². The Bertz CT molecular complexity index is 168. The second kappa shape index (κ2) is 4.39. The van der Waals surface area contributed by atoms with Crippen molar-refractivity contribution in [1.82, 2.24) is 0 Å². The van der Waals surface area contributed by atoms with E-state index in [1.807, 2.05) is 0 Å². The first-order valence-corrected chi connectivity index (χ1v) is 4.43. The molecule has 1 aliphatic carbocycles. The third-order valence-electron chi connectivity index (χ3n) is 2.58. The minimum absolute atomic E-state index is 0.0521. The molecule has 0 heterocycles. The van der Waals surface area contributed by atoms with Crippen molar-refractivity contribution in [2.24, 2.45) is 11.8 Å². The highest BCUT2D eigenvalue weighted by molar-refractivity contribution is 4.90. The monoisotopic (exact) mass is 173 g/mol. The summed E-state index contributed by atoms with van der Waals surface area (Å²) in [6.45, 7) is 0. The highest BCUT2D eigenvalue weighted by Crippen LogP contribution is 2.32. The maximum absolute atomic E-state index is 12.3. The molecule has 1 saturated carbocycles. The molecule has 0 aromatic rings. The molecule has 68 valence electrons. The summed E-state index contributed by atoms with van der Waals surface area (Å²) >= 11 is 0. The normalized spacial score (nSPS) is 22.2. The molecule has 1 atom stereocenters. The zero-order valence-corrected chi connectivity index (χ0v) is 6.97. The lowest BCUT2D eigenvalue weighted by atomic mass is 9.81. The predicted octanol–water partition coefficient (Wildman–Crippen LogP) is 2.97. The molecule has 0 aromatic carbocycles. The molecule has 3 heteroatoms. The van der Waals surface area contributed by atoms with Gasteiger partial charge in [0.2, 0.25) is 0 Å². The Morgan fingerprint density at radius 1 is 1.17 bits per heavy atom. The Balaban J connectivity index is 2.47. The zero-order valence-electron chi connectivity index (χ0n) is 6.97. The predicted molar refractivity (Wildman–Crippen MR) is 41.7 cm³/mol. The van der Waals surface area contributed by atoms with Crippen molar-refractivity contribution >= 4 is 0 Å². The van der Waals surface area contributed by atoms with Crippen molar-refractivity contribution in [3.05, 3.63) is 0 Å². The minimum Gasteiger partial charge on any atom is -0.209 e. The summed E-state index contributed by atoms with van der Waals surface area (Å²) in [4.78, 5) is 0. The highest BCUT2D eigenvalue weighted by Gasteiger charge is 2.30. The van der Waals surface area contributed by atoms with E-state index in [0.29, 0.717) is 0 Å². The Kier molecular flexibility index (Phi) is 3.46. The van der Waals surface area contributed by atoms with Crippen molar-refractivity contribution in [2.45, 2.75) is 38.5 Å². The Hall–Kier alpha value is -0.650. The Morgan fingerprint density at radius 2 is 1.75 bits per heavy atom. The van der Waals surface area contributed by atoms with Gasteiger partial charge in [0.05, 0.1) is 6.07 Å². The fourth-order valence-electron chi connectivity index (χ4n) is 1.86. The lowest BCUT2D eigenvalue weighted by Gasteiger charge is -2.24. The van der Waals surface area contributed by atoms with E-state index in [4.69, 9.17) is 5.26 Å². The van der Waals surface area contributed by atoms with Crippen LogP contribution < -0.4 is 0 Å². The van der Waals surface area contributed by atoms with Gasteiger partial charge in [-0.2, -0.15) is 5.26 Å². The summed E-state index contributed by atoms with van der Waals surface area (Å²) in [7, 11) is 0. The highest BCUT2D eigenvalue weighted by atomic mass is 19.3. The van der Waals surface area contributed by atoms with E-state index < -0.39 is 12.3 Å². The molecular formula is C9H13F2N. The average Bonchev–Trinajstić information content (AvgIpc) is 2.07. The van der Waals surface area contributed by atoms with Crippen LogP contribution in [0.1, 0.15) is 32.1 Å². The van der Waals surface area contributed by atoms with E-state index >= 15 is 0 Å². The first-order valence-electron chi connectivity index (χ1n) is 4.43. The van der Waals surface area contributed by atoms with Gasteiger partial charge in [-0.05, 0) is 18.8 Å². The molecule has 1 aliphatic rings.